The van der Waals surface area contributed by atoms with Crippen molar-refractivity contribution in [3.8, 4) is 0 Å². The molecule has 1 aromatic heterocycles. The standard InChI is InChI=1S/C23H18F3N3O2/c24-18-11-17(12-19(25)13-18)23(26)7-10-29(14-23)22(31)16-1-3-20(4-2-16)28-21(30)15-5-8-27-9-6-15/h1-6,8-9,11-13H,7,10,14H2,(H,28,30). The molecule has 31 heavy (non-hydrogen) atoms. The van der Waals surface area contributed by atoms with Gasteiger partial charge >= 0.3 is 0 Å². The van der Waals surface area contributed by atoms with E-state index in [0.29, 0.717) is 22.9 Å². The second-order valence-corrected chi connectivity index (χ2v) is 7.37. The van der Waals surface area contributed by atoms with Gasteiger partial charge in [-0.05, 0) is 54.1 Å². The summed E-state index contributed by atoms with van der Waals surface area (Å²) in [4.78, 5) is 30.1. The van der Waals surface area contributed by atoms with E-state index < -0.39 is 23.2 Å². The van der Waals surface area contributed by atoms with Crippen molar-refractivity contribution in [1.82, 2.24) is 9.88 Å². The fraction of sp³-hybridized carbons (Fsp3) is 0.174. The van der Waals surface area contributed by atoms with E-state index in [4.69, 9.17) is 0 Å². The smallest absolute Gasteiger partial charge is 0.255 e. The number of halogens is 3. The van der Waals surface area contributed by atoms with Crippen LogP contribution < -0.4 is 5.32 Å². The number of nitrogens with one attached hydrogen (secondary N) is 1. The number of likely N-dealkylation sites (tertiary alicyclic amines) is 1. The van der Waals surface area contributed by atoms with Gasteiger partial charge in [0.25, 0.3) is 11.8 Å². The zero-order valence-electron chi connectivity index (χ0n) is 16.3. The van der Waals surface area contributed by atoms with E-state index in [1.54, 1.807) is 24.3 Å². The lowest BCUT2D eigenvalue weighted by Crippen LogP contribution is -2.32. The molecule has 0 spiro atoms. The summed E-state index contributed by atoms with van der Waals surface area (Å²) in [5.74, 6) is -2.43. The summed E-state index contributed by atoms with van der Waals surface area (Å²) in [5.41, 5.74) is -0.877. The maximum atomic E-state index is 15.3. The van der Waals surface area contributed by atoms with E-state index in [0.717, 1.165) is 12.1 Å². The van der Waals surface area contributed by atoms with Crippen LogP contribution in [0.3, 0.4) is 0 Å². The zero-order chi connectivity index (χ0) is 22.0. The van der Waals surface area contributed by atoms with Crippen LogP contribution in [0.25, 0.3) is 0 Å². The monoisotopic (exact) mass is 425 g/mol. The van der Waals surface area contributed by atoms with Crippen LogP contribution in [0.15, 0.2) is 67.0 Å². The number of alkyl halides is 1. The number of carbonyl (C=O) groups excluding carboxylic acids is 2. The van der Waals surface area contributed by atoms with Crippen LogP contribution in [0, 0.1) is 11.6 Å². The molecule has 3 aromatic rings. The molecule has 158 valence electrons. The Morgan fingerprint density at radius 3 is 2.23 bits per heavy atom. The van der Waals surface area contributed by atoms with E-state index in [1.807, 2.05) is 0 Å². The minimum absolute atomic E-state index is 0.0539. The van der Waals surface area contributed by atoms with Crippen LogP contribution in [0.4, 0.5) is 18.9 Å². The first-order valence-electron chi connectivity index (χ1n) is 9.60. The Hall–Kier alpha value is -3.68. The van der Waals surface area contributed by atoms with Gasteiger partial charge in [-0.1, -0.05) is 0 Å². The normalized spacial score (nSPS) is 18.1. The first-order chi connectivity index (χ1) is 14.8. The highest BCUT2D eigenvalue weighted by Crippen LogP contribution is 2.37. The van der Waals surface area contributed by atoms with Crippen molar-refractivity contribution in [2.75, 3.05) is 18.4 Å². The van der Waals surface area contributed by atoms with Crippen LogP contribution in [-0.2, 0) is 5.67 Å². The van der Waals surface area contributed by atoms with Crippen LogP contribution in [0.5, 0.6) is 0 Å². The second kappa shape index (κ2) is 8.22. The summed E-state index contributed by atoms with van der Waals surface area (Å²) in [6.45, 7) is -0.177. The Morgan fingerprint density at radius 2 is 1.58 bits per heavy atom. The molecule has 1 saturated heterocycles. The molecule has 1 fully saturated rings. The Morgan fingerprint density at radius 1 is 0.935 bits per heavy atom. The van der Waals surface area contributed by atoms with Crippen molar-refractivity contribution in [3.63, 3.8) is 0 Å². The zero-order valence-corrected chi connectivity index (χ0v) is 16.3. The van der Waals surface area contributed by atoms with Gasteiger partial charge in [0.1, 0.15) is 11.6 Å². The minimum Gasteiger partial charge on any atom is -0.335 e. The number of amides is 2. The van der Waals surface area contributed by atoms with Gasteiger partial charge in [-0.15, -0.1) is 0 Å². The van der Waals surface area contributed by atoms with Crippen LogP contribution in [0.1, 0.15) is 32.7 Å². The first-order valence-corrected chi connectivity index (χ1v) is 9.60. The van der Waals surface area contributed by atoms with Gasteiger partial charge in [-0.25, -0.2) is 13.2 Å². The predicted octanol–water partition coefficient (Wildman–Crippen LogP) is 4.32. The highest BCUT2D eigenvalue weighted by atomic mass is 19.1. The van der Waals surface area contributed by atoms with E-state index >= 15 is 4.39 Å². The lowest BCUT2D eigenvalue weighted by molar-refractivity contribution is 0.0750. The number of benzene rings is 2. The molecule has 1 N–H and O–H groups in total. The van der Waals surface area contributed by atoms with Gasteiger partial charge in [-0.3, -0.25) is 14.6 Å². The largest absolute Gasteiger partial charge is 0.335 e. The van der Waals surface area contributed by atoms with Crippen molar-refractivity contribution in [3.05, 3.63) is 95.3 Å². The SMILES string of the molecule is O=C(Nc1ccc(C(=O)N2CCC(F)(c3cc(F)cc(F)c3)C2)cc1)c1ccncc1. The van der Waals surface area contributed by atoms with Gasteiger partial charge in [-0.2, -0.15) is 0 Å². The molecule has 4 rings (SSSR count). The summed E-state index contributed by atoms with van der Waals surface area (Å²) in [5, 5.41) is 2.72. The third-order valence-electron chi connectivity index (χ3n) is 5.22. The lowest BCUT2D eigenvalue weighted by Gasteiger charge is -2.22. The molecular formula is C23H18F3N3O2. The molecule has 1 atom stereocenters. The molecule has 0 radical (unpaired) electrons. The number of aromatic nitrogens is 1. The number of nitrogens with zero attached hydrogens (tertiary/aromatic N) is 2. The highest BCUT2D eigenvalue weighted by Gasteiger charge is 2.42. The van der Waals surface area contributed by atoms with Gasteiger partial charge in [0, 0.05) is 48.2 Å². The van der Waals surface area contributed by atoms with Gasteiger partial charge in [0.05, 0.1) is 6.54 Å². The molecule has 1 aliphatic heterocycles. The predicted molar refractivity (Wildman–Crippen MR) is 108 cm³/mol. The molecule has 2 aromatic carbocycles. The fourth-order valence-corrected chi connectivity index (χ4v) is 3.58. The summed E-state index contributed by atoms with van der Waals surface area (Å²) >= 11 is 0. The molecule has 5 nitrogen and oxygen atoms in total. The van der Waals surface area contributed by atoms with Crippen molar-refractivity contribution >= 4 is 17.5 Å². The van der Waals surface area contributed by atoms with E-state index in [9.17, 15) is 18.4 Å². The summed E-state index contributed by atoms with van der Waals surface area (Å²) < 4.78 is 42.3. The average molecular weight is 425 g/mol. The molecule has 1 unspecified atom stereocenters. The summed E-state index contributed by atoms with van der Waals surface area (Å²) in [6.07, 6.45) is 2.97. The number of hydrogen-bond donors (Lipinski definition) is 1. The van der Waals surface area contributed by atoms with Gasteiger partial charge in [0.2, 0.25) is 0 Å². The third kappa shape index (κ3) is 4.42. The van der Waals surface area contributed by atoms with Crippen molar-refractivity contribution in [1.29, 1.82) is 0 Å². The Labute approximate surface area is 176 Å². The summed E-state index contributed by atoms with van der Waals surface area (Å²) in [7, 11) is 0. The topological polar surface area (TPSA) is 62.3 Å². The van der Waals surface area contributed by atoms with Crippen molar-refractivity contribution < 1.29 is 22.8 Å². The Kier molecular flexibility index (Phi) is 5.46. The van der Waals surface area contributed by atoms with Crippen LogP contribution in [0.2, 0.25) is 0 Å². The lowest BCUT2D eigenvalue weighted by atomic mass is 9.95. The van der Waals surface area contributed by atoms with E-state index in [-0.39, 0.29) is 31.0 Å². The van der Waals surface area contributed by atoms with Crippen LogP contribution >= 0.6 is 0 Å². The molecule has 1 aliphatic rings. The average Bonchev–Trinajstić information content (AvgIpc) is 3.17. The molecular weight excluding hydrogens is 407 g/mol. The maximum Gasteiger partial charge on any atom is 0.255 e. The van der Waals surface area contributed by atoms with Crippen molar-refractivity contribution in [2.24, 2.45) is 0 Å². The molecule has 2 heterocycles. The second-order valence-electron chi connectivity index (χ2n) is 7.37. The number of anilines is 1. The molecule has 0 saturated carbocycles. The third-order valence-corrected chi connectivity index (χ3v) is 5.22. The Balaban J connectivity index is 1.43. The molecule has 0 aliphatic carbocycles. The van der Waals surface area contributed by atoms with Crippen LogP contribution in [-0.4, -0.2) is 34.8 Å². The van der Waals surface area contributed by atoms with Crippen molar-refractivity contribution in [2.45, 2.75) is 12.1 Å². The van der Waals surface area contributed by atoms with Gasteiger partial charge < -0.3 is 10.2 Å². The fourth-order valence-electron chi connectivity index (χ4n) is 3.58. The number of hydrogen-bond acceptors (Lipinski definition) is 3. The summed E-state index contributed by atoms with van der Waals surface area (Å²) in [6, 6.07) is 12.0. The Bertz CT molecular complexity index is 1100. The number of pyridine rings is 1. The molecule has 2 amide bonds. The number of carbonyl (C=O) groups is 2. The van der Waals surface area contributed by atoms with E-state index in [1.165, 1.54) is 29.4 Å². The van der Waals surface area contributed by atoms with Gasteiger partial charge in [0.15, 0.2) is 5.67 Å². The highest BCUT2D eigenvalue weighted by molar-refractivity contribution is 6.04. The first kappa shape index (κ1) is 20.6. The quantitative estimate of drug-likeness (QED) is 0.677. The molecule has 8 heteroatoms. The molecule has 0 bridgehead atoms. The minimum atomic E-state index is -2.02. The number of rotatable bonds is 4. The maximum absolute atomic E-state index is 15.3. The van der Waals surface area contributed by atoms with E-state index in [2.05, 4.69) is 10.3 Å².